The number of hydrogen-bond acceptors (Lipinski definition) is 5. The van der Waals surface area contributed by atoms with Gasteiger partial charge in [0.25, 0.3) is 5.91 Å². The van der Waals surface area contributed by atoms with E-state index in [2.05, 4.69) is 10.3 Å². The van der Waals surface area contributed by atoms with Crippen LogP contribution in [0.1, 0.15) is 59.8 Å². The highest BCUT2D eigenvalue weighted by molar-refractivity contribution is 5.96. The number of hydrogen-bond donors (Lipinski definition) is 1. The third-order valence-corrected chi connectivity index (χ3v) is 6.65. The molecule has 1 aliphatic heterocycles. The number of nitrogens with zero attached hydrogens (tertiary/aromatic N) is 2. The second kappa shape index (κ2) is 10.8. The number of benzene rings is 2. The van der Waals surface area contributed by atoms with Gasteiger partial charge in [-0.2, -0.15) is 0 Å². The summed E-state index contributed by atoms with van der Waals surface area (Å²) in [5, 5.41) is 3.09. The molecule has 1 atom stereocenters. The number of amides is 2. The largest absolute Gasteiger partial charge is 0.454 e. The highest BCUT2D eigenvalue weighted by Crippen LogP contribution is 2.34. The zero-order chi connectivity index (χ0) is 24.9. The molecule has 36 heavy (non-hydrogen) atoms. The van der Waals surface area contributed by atoms with Crippen LogP contribution in [0, 0.1) is 5.82 Å². The second-order valence-corrected chi connectivity index (χ2v) is 9.10. The maximum absolute atomic E-state index is 15.2. The molecule has 1 aliphatic carbocycles. The van der Waals surface area contributed by atoms with E-state index in [-0.39, 0.29) is 30.6 Å². The number of fused-ring (bicyclic) bond motifs is 1. The minimum atomic E-state index is -1.19. The van der Waals surface area contributed by atoms with Crippen molar-refractivity contribution >= 4 is 11.8 Å². The van der Waals surface area contributed by atoms with E-state index in [0.29, 0.717) is 11.5 Å². The van der Waals surface area contributed by atoms with Gasteiger partial charge < -0.3 is 19.7 Å². The summed E-state index contributed by atoms with van der Waals surface area (Å²) in [5.41, 5.74) is 1.02. The van der Waals surface area contributed by atoms with Crippen molar-refractivity contribution in [3.8, 4) is 11.5 Å². The van der Waals surface area contributed by atoms with Crippen molar-refractivity contribution in [3.63, 3.8) is 0 Å². The van der Waals surface area contributed by atoms with E-state index in [0.717, 1.165) is 37.7 Å². The molecule has 0 spiro atoms. The molecule has 5 rings (SSSR count). The fourth-order valence-corrected chi connectivity index (χ4v) is 4.83. The molecule has 2 aliphatic rings. The topological polar surface area (TPSA) is 80.8 Å². The zero-order valence-corrected chi connectivity index (χ0v) is 19.9. The van der Waals surface area contributed by atoms with Gasteiger partial charge in [0.1, 0.15) is 17.6 Å². The Labute approximate surface area is 209 Å². The summed E-state index contributed by atoms with van der Waals surface area (Å²) in [4.78, 5) is 33.2. The van der Waals surface area contributed by atoms with Gasteiger partial charge in [-0.15, -0.1) is 0 Å². The number of halogens is 1. The first-order valence-electron chi connectivity index (χ1n) is 12.3. The van der Waals surface area contributed by atoms with Crippen LogP contribution < -0.4 is 14.8 Å². The van der Waals surface area contributed by atoms with Crippen LogP contribution in [0.3, 0.4) is 0 Å². The Morgan fingerprint density at radius 2 is 1.78 bits per heavy atom. The van der Waals surface area contributed by atoms with Crippen molar-refractivity contribution in [3.05, 3.63) is 89.5 Å². The van der Waals surface area contributed by atoms with Crippen molar-refractivity contribution in [1.29, 1.82) is 0 Å². The highest BCUT2D eigenvalue weighted by Gasteiger charge is 2.35. The summed E-state index contributed by atoms with van der Waals surface area (Å²) in [6, 6.07) is 15.3. The quantitative estimate of drug-likeness (QED) is 0.517. The van der Waals surface area contributed by atoms with Gasteiger partial charge in [0.05, 0.1) is 0 Å². The first kappa shape index (κ1) is 23.8. The normalized spacial score (nSPS) is 15.8. The van der Waals surface area contributed by atoms with Crippen LogP contribution in [-0.4, -0.2) is 34.5 Å². The lowest BCUT2D eigenvalue weighted by molar-refractivity contribution is -0.127. The van der Waals surface area contributed by atoms with Gasteiger partial charge in [0, 0.05) is 24.3 Å². The number of carbonyl (C=O) groups excluding carboxylic acids is 2. The predicted octanol–water partition coefficient (Wildman–Crippen LogP) is 4.78. The molecule has 2 amide bonds. The summed E-state index contributed by atoms with van der Waals surface area (Å²) >= 11 is 0. The molecule has 186 valence electrons. The Hall–Kier alpha value is -3.94. The fourth-order valence-electron chi connectivity index (χ4n) is 4.83. The minimum absolute atomic E-state index is 0.00197. The van der Waals surface area contributed by atoms with Gasteiger partial charge >= 0.3 is 0 Å². The van der Waals surface area contributed by atoms with Crippen molar-refractivity contribution in [1.82, 2.24) is 15.2 Å². The van der Waals surface area contributed by atoms with E-state index < -0.39 is 23.7 Å². The Morgan fingerprint density at radius 3 is 2.56 bits per heavy atom. The van der Waals surface area contributed by atoms with Crippen LogP contribution >= 0.6 is 0 Å². The van der Waals surface area contributed by atoms with Gasteiger partial charge in [0.15, 0.2) is 11.5 Å². The number of nitrogens with one attached hydrogen (secondary N) is 1. The van der Waals surface area contributed by atoms with E-state index in [1.807, 2.05) is 6.07 Å². The molecule has 1 aromatic heterocycles. The van der Waals surface area contributed by atoms with Crippen molar-refractivity contribution < 1.29 is 23.5 Å². The molecule has 8 heteroatoms. The molecule has 3 aromatic rings. The molecule has 1 N–H and O–H groups in total. The SMILES string of the molecule is O=C(NC1CCCCC1)[C@H](c1ccccc1F)N(Cc1ccc2c(c1)OCO2)C(=O)c1ccccn1. The Balaban J connectivity index is 1.55. The van der Waals surface area contributed by atoms with Crippen molar-refractivity contribution in [2.24, 2.45) is 0 Å². The minimum Gasteiger partial charge on any atom is -0.454 e. The second-order valence-electron chi connectivity index (χ2n) is 9.10. The zero-order valence-electron chi connectivity index (χ0n) is 19.9. The Kier molecular flexibility index (Phi) is 7.11. The average molecular weight is 490 g/mol. The molecule has 0 radical (unpaired) electrons. The third kappa shape index (κ3) is 5.17. The standard InChI is InChI=1S/C28H28FN3O4/c29-22-11-5-4-10-21(22)26(27(33)31-20-8-2-1-3-9-20)32(28(34)23-12-6-7-15-30-23)17-19-13-14-24-25(16-19)36-18-35-24/h4-7,10-16,20,26H,1-3,8-9,17-18H2,(H,31,33)/t26-/m0/s1. The Morgan fingerprint density at radius 1 is 1.00 bits per heavy atom. The molecule has 0 saturated heterocycles. The lowest BCUT2D eigenvalue weighted by atomic mass is 9.94. The third-order valence-electron chi connectivity index (χ3n) is 6.65. The van der Waals surface area contributed by atoms with Gasteiger partial charge in [-0.3, -0.25) is 14.6 Å². The monoisotopic (exact) mass is 489 g/mol. The summed E-state index contributed by atoms with van der Waals surface area (Å²) in [6.45, 7) is 0.167. The van der Waals surface area contributed by atoms with E-state index >= 15 is 4.39 Å². The average Bonchev–Trinajstić information content (AvgIpc) is 3.38. The van der Waals surface area contributed by atoms with Crippen LogP contribution in [0.5, 0.6) is 11.5 Å². The molecule has 2 aromatic carbocycles. The number of ether oxygens (including phenoxy) is 2. The molecule has 1 fully saturated rings. The van der Waals surface area contributed by atoms with Crippen LogP contribution in [0.25, 0.3) is 0 Å². The number of pyridine rings is 1. The Bertz CT molecular complexity index is 1230. The summed E-state index contributed by atoms with van der Waals surface area (Å²) < 4.78 is 26.1. The molecule has 0 unspecified atom stereocenters. The van der Waals surface area contributed by atoms with Crippen LogP contribution in [0.2, 0.25) is 0 Å². The van der Waals surface area contributed by atoms with E-state index in [9.17, 15) is 9.59 Å². The lowest BCUT2D eigenvalue weighted by Gasteiger charge is -2.33. The highest BCUT2D eigenvalue weighted by atomic mass is 19.1. The van der Waals surface area contributed by atoms with Crippen molar-refractivity contribution in [2.75, 3.05) is 6.79 Å². The first-order chi connectivity index (χ1) is 17.6. The molecular weight excluding hydrogens is 461 g/mol. The number of aromatic nitrogens is 1. The van der Waals surface area contributed by atoms with Crippen molar-refractivity contribution in [2.45, 2.75) is 50.7 Å². The predicted molar refractivity (Wildman–Crippen MR) is 131 cm³/mol. The number of carbonyl (C=O) groups is 2. The first-order valence-corrected chi connectivity index (χ1v) is 12.3. The molecule has 2 heterocycles. The van der Waals surface area contributed by atoms with Crippen LogP contribution in [0.15, 0.2) is 66.9 Å². The summed E-state index contributed by atoms with van der Waals surface area (Å²) in [7, 11) is 0. The van der Waals surface area contributed by atoms with Gasteiger partial charge in [-0.25, -0.2) is 4.39 Å². The van der Waals surface area contributed by atoms with E-state index in [1.165, 1.54) is 17.2 Å². The van der Waals surface area contributed by atoms with Gasteiger partial charge in [-0.1, -0.05) is 49.6 Å². The van der Waals surface area contributed by atoms with Crippen LogP contribution in [-0.2, 0) is 11.3 Å². The van der Waals surface area contributed by atoms with E-state index in [4.69, 9.17) is 9.47 Å². The summed E-state index contributed by atoms with van der Waals surface area (Å²) in [6.07, 6.45) is 6.45. The molecule has 1 saturated carbocycles. The van der Waals surface area contributed by atoms with E-state index in [1.54, 1.807) is 48.5 Å². The molecule has 7 nitrogen and oxygen atoms in total. The van der Waals surface area contributed by atoms with Gasteiger partial charge in [-0.05, 0) is 48.7 Å². The maximum Gasteiger partial charge on any atom is 0.273 e. The molecule has 0 bridgehead atoms. The summed E-state index contributed by atoms with van der Waals surface area (Å²) in [5.74, 6) is -0.253. The maximum atomic E-state index is 15.2. The fraction of sp³-hybridized carbons (Fsp3) is 0.321. The number of rotatable bonds is 7. The lowest BCUT2D eigenvalue weighted by Crippen LogP contribution is -2.47. The van der Waals surface area contributed by atoms with Crippen LogP contribution in [0.4, 0.5) is 4.39 Å². The molecular formula is C28H28FN3O4. The smallest absolute Gasteiger partial charge is 0.273 e. The van der Waals surface area contributed by atoms with Gasteiger partial charge in [0.2, 0.25) is 12.7 Å².